The monoisotopic (exact) mass is 370 g/mol. The third-order valence-electron chi connectivity index (χ3n) is 5.48. The molecule has 1 saturated heterocycles. The molecule has 1 N–H and O–H groups in total. The Labute approximate surface area is 160 Å². The molecular formula is C22H27FN2O2. The second-order valence-corrected chi connectivity index (χ2v) is 7.33. The summed E-state index contributed by atoms with van der Waals surface area (Å²) in [5.74, 6) is -0.00377. The van der Waals surface area contributed by atoms with E-state index in [0.717, 1.165) is 13.1 Å². The van der Waals surface area contributed by atoms with Gasteiger partial charge in [-0.15, -0.1) is 0 Å². The molecule has 0 aliphatic carbocycles. The largest absolute Gasteiger partial charge is 0.396 e. The van der Waals surface area contributed by atoms with Crippen LogP contribution in [0, 0.1) is 17.7 Å². The molecule has 0 unspecified atom stereocenters. The molecule has 1 aliphatic heterocycles. The predicted molar refractivity (Wildman–Crippen MR) is 105 cm³/mol. The second-order valence-electron chi connectivity index (χ2n) is 7.33. The summed E-state index contributed by atoms with van der Waals surface area (Å²) in [6.45, 7) is 5.18. The topological polar surface area (TPSA) is 43.8 Å². The van der Waals surface area contributed by atoms with Crippen LogP contribution in [-0.2, 0) is 0 Å². The number of carbonyl (C=O) groups is 1. The Bertz CT molecular complexity index is 795. The lowest BCUT2D eigenvalue weighted by Gasteiger charge is -2.22. The van der Waals surface area contributed by atoms with Crippen LogP contribution in [0.1, 0.15) is 17.3 Å². The van der Waals surface area contributed by atoms with Gasteiger partial charge in [-0.2, -0.15) is 0 Å². The number of hydrogen-bond acceptors (Lipinski definition) is 3. The summed E-state index contributed by atoms with van der Waals surface area (Å²) < 4.78 is 14.1. The maximum atomic E-state index is 14.1. The van der Waals surface area contributed by atoms with Crippen molar-refractivity contribution in [3.63, 3.8) is 0 Å². The van der Waals surface area contributed by atoms with Gasteiger partial charge in [0.1, 0.15) is 5.82 Å². The molecule has 0 aromatic heterocycles. The average molecular weight is 370 g/mol. The molecule has 0 saturated carbocycles. The summed E-state index contributed by atoms with van der Waals surface area (Å²) in [6.07, 6.45) is 0. The van der Waals surface area contributed by atoms with E-state index in [0.29, 0.717) is 29.8 Å². The number of halogens is 1. The van der Waals surface area contributed by atoms with Gasteiger partial charge in [-0.05, 0) is 43.3 Å². The molecule has 1 heterocycles. The molecule has 144 valence electrons. The van der Waals surface area contributed by atoms with Crippen molar-refractivity contribution in [2.75, 3.05) is 39.8 Å². The molecule has 1 fully saturated rings. The van der Waals surface area contributed by atoms with Crippen molar-refractivity contribution < 1.29 is 14.3 Å². The minimum atomic E-state index is -0.300. The van der Waals surface area contributed by atoms with Gasteiger partial charge in [-0.25, -0.2) is 4.39 Å². The highest BCUT2D eigenvalue weighted by atomic mass is 19.1. The zero-order chi connectivity index (χ0) is 19.4. The number of rotatable bonds is 6. The van der Waals surface area contributed by atoms with Gasteiger partial charge in [0.25, 0.3) is 5.91 Å². The highest BCUT2D eigenvalue weighted by Crippen LogP contribution is 2.27. The van der Waals surface area contributed by atoms with Crippen molar-refractivity contribution in [1.82, 2.24) is 9.80 Å². The predicted octanol–water partition coefficient (Wildman–Crippen LogP) is 3.12. The van der Waals surface area contributed by atoms with Crippen LogP contribution in [0.3, 0.4) is 0 Å². The van der Waals surface area contributed by atoms with Gasteiger partial charge in [-0.1, -0.05) is 37.3 Å². The quantitative estimate of drug-likeness (QED) is 0.850. The SMILES string of the molecule is CCN(C)C[C@@H]1CN(C(=O)c2cccc(-c3ccccc3F)c2)C[C@@H]1CO. The van der Waals surface area contributed by atoms with Gasteiger partial charge in [0.2, 0.25) is 0 Å². The summed E-state index contributed by atoms with van der Waals surface area (Å²) in [7, 11) is 2.05. The van der Waals surface area contributed by atoms with E-state index in [1.165, 1.54) is 6.07 Å². The zero-order valence-corrected chi connectivity index (χ0v) is 15.9. The van der Waals surface area contributed by atoms with Gasteiger partial charge >= 0.3 is 0 Å². The first kappa shape index (κ1) is 19.5. The lowest BCUT2D eigenvalue weighted by Crippen LogP contribution is -2.32. The van der Waals surface area contributed by atoms with Crippen LogP contribution < -0.4 is 0 Å². The number of aliphatic hydroxyl groups is 1. The van der Waals surface area contributed by atoms with Crippen LogP contribution in [0.25, 0.3) is 11.1 Å². The molecule has 4 nitrogen and oxygen atoms in total. The maximum Gasteiger partial charge on any atom is 0.253 e. The van der Waals surface area contributed by atoms with Crippen molar-refractivity contribution in [3.05, 3.63) is 59.9 Å². The van der Waals surface area contributed by atoms with Crippen LogP contribution in [-0.4, -0.2) is 60.6 Å². The first-order valence-corrected chi connectivity index (χ1v) is 9.47. The molecule has 2 aromatic carbocycles. The third kappa shape index (κ3) is 4.37. The molecule has 0 bridgehead atoms. The van der Waals surface area contributed by atoms with E-state index in [-0.39, 0.29) is 30.2 Å². The third-order valence-corrected chi connectivity index (χ3v) is 5.48. The zero-order valence-electron chi connectivity index (χ0n) is 15.9. The van der Waals surface area contributed by atoms with E-state index in [4.69, 9.17) is 0 Å². The second kappa shape index (κ2) is 8.63. The fraction of sp³-hybridized carbons (Fsp3) is 0.409. The Morgan fingerprint density at radius 1 is 1.19 bits per heavy atom. The summed E-state index contributed by atoms with van der Waals surface area (Å²) >= 11 is 0. The normalized spacial score (nSPS) is 19.7. The number of benzene rings is 2. The summed E-state index contributed by atoms with van der Waals surface area (Å²) in [5, 5.41) is 9.72. The molecule has 0 spiro atoms. The van der Waals surface area contributed by atoms with Crippen molar-refractivity contribution in [2.24, 2.45) is 11.8 Å². The number of amides is 1. The lowest BCUT2D eigenvalue weighted by atomic mass is 9.96. The van der Waals surface area contributed by atoms with Crippen LogP contribution in [0.4, 0.5) is 4.39 Å². The van der Waals surface area contributed by atoms with Crippen molar-refractivity contribution >= 4 is 5.91 Å². The number of carbonyl (C=O) groups excluding carboxylic acids is 1. The summed E-state index contributed by atoms with van der Waals surface area (Å²) in [5.41, 5.74) is 1.74. The number of nitrogens with zero attached hydrogens (tertiary/aromatic N) is 2. The average Bonchev–Trinajstić information content (AvgIpc) is 3.10. The van der Waals surface area contributed by atoms with Gasteiger partial charge in [0.05, 0.1) is 0 Å². The molecule has 2 atom stereocenters. The summed E-state index contributed by atoms with van der Waals surface area (Å²) in [4.78, 5) is 17.0. The maximum absolute atomic E-state index is 14.1. The fourth-order valence-corrected chi connectivity index (χ4v) is 3.75. The minimum absolute atomic E-state index is 0.0618. The first-order valence-electron chi connectivity index (χ1n) is 9.47. The van der Waals surface area contributed by atoms with E-state index in [2.05, 4.69) is 18.9 Å². The van der Waals surface area contributed by atoms with E-state index in [1.54, 1.807) is 36.4 Å². The van der Waals surface area contributed by atoms with Crippen LogP contribution in [0.15, 0.2) is 48.5 Å². The highest BCUT2D eigenvalue weighted by molar-refractivity contribution is 5.95. The molecule has 2 aromatic rings. The molecule has 3 rings (SSSR count). The lowest BCUT2D eigenvalue weighted by molar-refractivity contribution is 0.0779. The molecule has 27 heavy (non-hydrogen) atoms. The Kier molecular flexibility index (Phi) is 6.24. The molecule has 0 radical (unpaired) electrons. The van der Waals surface area contributed by atoms with Crippen molar-refractivity contribution in [3.8, 4) is 11.1 Å². The molecule has 1 aliphatic rings. The van der Waals surface area contributed by atoms with Gasteiger partial charge < -0.3 is 14.9 Å². The Morgan fingerprint density at radius 2 is 1.93 bits per heavy atom. The number of likely N-dealkylation sites (tertiary alicyclic amines) is 1. The fourth-order valence-electron chi connectivity index (χ4n) is 3.75. The van der Waals surface area contributed by atoms with E-state index in [1.807, 2.05) is 11.0 Å². The van der Waals surface area contributed by atoms with E-state index in [9.17, 15) is 14.3 Å². The van der Waals surface area contributed by atoms with E-state index < -0.39 is 0 Å². The standard InChI is InChI=1S/C22H27FN2O2/c1-3-24(2)12-18-13-25(14-19(18)15-26)22(27)17-8-6-7-16(11-17)20-9-4-5-10-21(20)23/h4-11,18-19,26H,3,12-15H2,1-2H3/t18-,19-/m1/s1. The number of aliphatic hydroxyl groups excluding tert-OH is 1. The van der Waals surface area contributed by atoms with Gasteiger partial charge in [-0.3, -0.25) is 4.79 Å². The summed E-state index contributed by atoms with van der Waals surface area (Å²) in [6, 6.07) is 13.7. The molecule has 1 amide bonds. The first-order chi connectivity index (χ1) is 13.0. The number of hydrogen-bond donors (Lipinski definition) is 1. The smallest absolute Gasteiger partial charge is 0.253 e. The van der Waals surface area contributed by atoms with E-state index >= 15 is 0 Å². The Hall–Kier alpha value is -2.24. The van der Waals surface area contributed by atoms with Crippen LogP contribution in [0.2, 0.25) is 0 Å². The van der Waals surface area contributed by atoms with Gasteiger partial charge in [0, 0.05) is 43.3 Å². The molecule has 5 heteroatoms. The Morgan fingerprint density at radius 3 is 2.63 bits per heavy atom. The van der Waals surface area contributed by atoms with Crippen LogP contribution >= 0.6 is 0 Å². The Balaban J connectivity index is 1.78. The molecular weight excluding hydrogens is 343 g/mol. The van der Waals surface area contributed by atoms with Crippen molar-refractivity contribution in [1.29, 1.82) is 0 Å². The highest BCUT2D eigenvalue weighted by Gasteiger charge is 2.35. The minimum Gasteiger partial charge on any atom is -0.396 e. The van der Waals surface area contributed by atoms with Crippen LogP contribution in [0.5, 0.6) is 0 Å². The van der Waals surface area contributed by atoms with Gasteiger partial charge in [0.15, 0.2) is 0 Å². The van der Waals surface area contributed by atoms with Crippen molar-refractivity contribution in [2.45, 2.75) is 6.92 Å².